The molecule has 0 aliphatic carbocycles. The smallest absolute Gasteiger partial charge is 0.354 e. The summed E-state index contributed by atoms with van der Waals surface area (Å²) in [6.07, 6.45) is 0. The van der Waals surface area contributed by atoms with E-state index in [1.807, 2.05) is 0 Å². The monoisotopic (exact) mass is 376 g/mol. The number of carboxylic acid groups (broad SMARTS) is 1. The molecule has 104 valence electrons. The highest BCUT2D eigenvalue weighted by Crippen LogP contribution is 2.37. The molecule has 0 fully saturated rings. The van der Waals surface area contributed by atoms with Crippen molar-refractivity contribution in [3.8, 4) is 11.6 Å². The number of nitrogens with two attached hydrogens (primary N) is 1. The number of carboxylic acids is 1. The van der Waals surface area contributed by atoms with Gasteiger partial charge in [-0.15, -0.1) is 0 Å². The van der Waals surface area contributed by atoms with Crippen LogP contribution >= 0.6 is 39.1 Å². The predicted molar refractivity (Wildman–Crippen MR) is 79.8 cm³/mol. The van der Waals surface area contributed by atoms with Crippen LogP contribution in [0.2, 0.25) is 10.0 Å². The van der Waals surface area contributed by atoms with E-state index in [1.54, 1.807) is 6.07 Å². The van der Waals surface area contributed by atoms with E-state index in [0.29, 0.717) is 9.50 Å². The number of anilines is 1. The highest BCUT2D eigenvalue weighted by molar-refractivity contribution is 9.10. The predicted octanol–water partition coefficient (Wildman–Crippen LogP) is 4.22. The number of nitrogens with zero attached hydrogens (tertiary/aromatic N) is 1. The molecule has 1 heterocycles. The van der Waals surface area contributed by atoms with Crippen molar-refractivity contribution in [2.75, 3.05) is 5.73 Å². The van der Waals surface area contributed by atoms with Crippen LogP contribution in [0.15, 0.2) is 28.7 Å². The molecule has 2 rings (SSSR count). The van der Waals surface area contributed by atoms with Gasteiger partial charge in [0, 0.05) is 10.5 Å². The lowest BCUT2D eigenvalue weighted by atomic mass is 10.3. The number of ether oxygens (including phenoxy) is 1. The number of aromatic carboxylic acids is 1. The third-order valence-corrected chi connectivity index (χ3v) is 3.78. The van der Waals surface area contributed by atoms with Crippen molar-refractivity contribution in [1.29, 1.82) is 0 Å². The number of halogens is 3. The van der Waals surface area contributed by atoms with Gasteiger partial charge in [0.05, 0.1) is 15.7 Å². The van der Waals surface area contributed by atoms with Crippen LogP contribution in [0.3, 0.4) is 0 Å². The zero-order valence-electron chi connectivity index (χ0n) is 9.73. The van der Waals surface area contributed by atoms with Gasteiger partial charge in [-0.05, 0) is 34.1 Å². The third-order valence-electron chi connectivity index (χ3n) is 2.29. The fourth-order valence-electron chi connectivity index (χ4n) is 1.34. The molecule has 20 heavy (non-hydrogen) atoms. The Labute approximate surface area is 132 Å². The van der Waals surface area contributed by atoms with Crippen molar-refractivity contribution in [3.63, 3.8) is 0 Å². The molecule has 0 radical (unpaired) electrons. The van der Waals surface area contributed by atoms with E-state index >= 15 is 0 Å². The lowest BCUT2D eigenvalue weighted by molar-refractivity contribution is 0.0689. The maximum absolute atomic E-state index is 10.9. The minimum atomic E-state index is -1.19. The Kier molecular flexibility index (Phi) is 4.37. The van der Waals surface area contributed by atoms with Crippen LogP contribution in [0.5, 0.6) is 11.6 Å². The summed E-state index contributed by atoms with van der Waals surface area (Å²) in [6, 6.07) is 5.69. The number of nitrogen functional groups attached to an aromatic ring is 1. The number of rotatable bonds is 3. The molecule has 0 aliphatic heterocycles. The number of benzene rings is 1. The Morgan fingerprint density at radius 1 is 1.30 bits per heavy atom. The summed E-state index contributed by atoms with van der Waals surface area (Å²) in [5, 5.41) is 9.56. The van der Waals surface area contributed by atoms with E-state index in [9.17, 15) is 4.79 Å². The number of aromatic nitrogens is 1. The Morgan fingerprint density at radius 2 is 2.00 bits per heavy atom. The summed E-state index contributed by atoms with van der Waals surface area (Å²) in [5.41, 5.74) is 5.69. The molecule has 0 unspecified atom stereocenters. The molecule has 8 heteroatoms. The van der Waals surface area contributed by atoms with Gasteiger partial charge in [0.2, 0.25) is 5.88 Å². The van der Waals surface area contributed by atoms with Crippen LogP contribution in [-0.2, 0) is 0 Å². The van der Waals surface area contributed by atoms with Crippen molar-refractivity contribution in [3.05, 3.63) is 44.5 Å². The van der Waals surface area contributed by atoms with Crippen LogP contribution in [0, 0.1) is 0 Å². The molecule has 0 amide bonds. The van der Waals surface area contributed by atoms with Gasteiger partial charge in [-0.2, -0.15) is 0 Å². The van der Waals surface area contributed by atoms with Gasteiger partial charge >= 0.3 is 5.97 Å². The first kappa shape index (κ1) is 14.9. The van der Waals surface area contributed by atoms with Gasteiger partial charge in [0.1, 0.15) is 5.75 Å². The summed E-state index contributed by atoms with van der Waals surface area (Å²) in [6.45, 7) is 0. The average molecular weight is 378 g/mol. The van der Waals surface area contributed by atoms with E-state index in [1.165, 1.54) is 18.2 Å². The largest absolute Gasteiger partial charge is 0.477 e. The van der Waals surface area contributed by atoms with Crippen LogP contribution in [0.4, 0.5) is 5.69 Å². The van der Waals surface area contributed by atoms with Crippen LogP contribution in [-0.4, -0.2) is 16.1 Å². The molecule has 0 spiro atoms. The number of hydrogen-bond donors (Lipinski definition) is 2. The van der Waals surface area contributed by atoms with Crippen molar-refractivity contribution in [2.24, 2.45) is 0 Å². The summed E-state index contributed by atoms with van der Waals surface area (Å²) in [5.74, 6) is -1.01. The van der Waals surface area contributed by atoms with E-state index in [2.05, 4.69) is 20.9 Å². The molecule has 5 nitrogen and oxygen atoms in total. The zero-order valence-corrected chi connectivity index (χ0v) is 12.8. The first-order chi connectivity index (χ1) is 9.38. The van der Waals surface area contributed by atoms with Crippen molar-refractivity contribution < 1.29 is 14.6 Å². The first-order valence-electron chi connectivity index (χ1n) is 5.20. The van der Waals surface area contributed by atoms with Crippen LogP contribution in [0.1, 0.15) is 10.5 Å². The van der Waals surface area contributed by atoms with Gasteiger partial charge in [0.25, 0.3) is 0 Å². The molecule has 1 aromatic heterocycles. The quantitative estimate of drug-likeness (QED) is 0.782. The van der Waals surface area contributed by atoms with E-state index in [0.717, 1.165) is 0 Å². The normalized spacial score (nSPS) is 10.3. The standard InChI is InChI=1S/C12H7BrCl2N2O3/c13-5-3-7(15)10(4-6(5)14)20-11-8(16)1-2-9(17-11)12(18)19/h1-4H,16H2,(H,18,19). The van der Waals surface area contributed by atoms with Gasteiger partial charge in [-0.25, -0.2) is 9.78 Å². The Hall–Kier alpha value is -1.50. The van der Waals surface area contributed by atoms with E-state index < -0.39 is 5.97 Å². The summed E-state index contributed by atoms with van der Waals surface area (Å²) in [4.78, 5) is 14.7. The van der Waals surface area contributed by atoms with Crippen molar-refractivity contribution in [1.82, 2.24) is 4.98 Å². The lowest BCUT2D eigenvalue weighted by Crippen LogP contribution is -2.03. The third kappa shape index (κ3) is 3.15. The molecular formula is C12H7BrCl2N2O3. The maximum Gasteiger partial charge on any atom is 0.354 e. The van der Waals surface area contributed by atoms with E-state index in [4.69, 9.17) is 38.8 Å². The minimum absolute atomic E-state index is 0.0508. The fraction of sp³-hybridized carbons (Fsp3) is 0. The van der Waals surface area contributed by atoms with Crippen LogP contribution in [0.25, 0.3) is 0 Å². The van der Waals surface area contributed by atoms with E-state index in [-0.39, 0.29) is 28.0 Å². The molecule has 0 saturated heterocycles. The zero-order chi connectivity index (χ0) is 14.9. The van der Waals surface area contributed by atoms with Crippen molar-refractivity contribution >= 4 is 50.8 Å². The SMILES string of the molecule is Nc1ccc(C(=O)O)nc1Oc1cc(Cl)c(Br)cc1Cl. The van der Waals surface area contributed by atoms with Gasteiger partial charge in [0.15, 0.2) is 5.69 Å². The number of pyridine rings is 1. The van der Waals surface area contributed by atoms with Crippen molar-refractivity contribution in [2.45, 2.75) is 0 Å². The topological polar surface area (TPSA) is 85.4 Å². The molecule has 2 aromatic rings. The average Bonchev–Trinajstić information content (AvgIpc) is 2.38. The number of carbonyl (C=O) groups is 1. The molecule has 0 atom stereocenters. The Bertz CT molecular complexity index is 695. The Morgan fingerprint density at radius 3 is 2.65 bits per heavy atom. The summed E-state index contributed by atoms with van der Waals surface area (Å²) < 4.78 is 6.04. The summed E-state index contributed by atoms with van der Waals surface area (Å²) >= 11 is 15.2. The van der Waals surface area contributed by atoms with Gasteiger partial charge in [-0.3, -0.25) is 0 Å². The molecule has 0 aliphatic rings. The molecule has 0 saturated carbocycles. The van der Waals surface area contributed by atoms with Gasteiger partial charge in [-0.1, -0.05) is 23.2 Å². The second-order valence-corrected chi connectivity index (χ2v) is 5.36. The molecule has 1 aromatic carbocycles. The minimum Gasteiger partial charge on any atom is -0.477 e. The second-order valence-electron chi connectivity index (χ2n) is 3.69. The highest BCUT2D eigenvalue weighted by Gasteiger charge is 2.13. The molecule has 0 bridgehead atoms. The molecular weight excluding hydrogens is 371 g/mol. The first-order valence-corrected chi connectivity index (χ1v) is 6.75. The number of hydrogen-bond acceptors (Lipinski definition) is 4. The fourth-order valence-corrected chi connectivity index (χ4v) is 2.17. The van der Waals surface area contributed by atoms with Crippen LogP contribution < -0.4 is 10.5 Å². The highest BCUT2D eigenvalue weighted by atomic mass is 79.9. The summed E-state index contributed by atoms with van der Waals surface area (Å²) in [7, 11) is 0. The van der Waals surface area contributed by atoms with Gasteiger partial charge < -0.3 is 15.6 Å². The lowest BCUT2D eigenvalue weighted by Gasteiger charge is -2.10. The second kappa shape index (κ2) is 5.87. The Balaban J connectivity index is 2.42. The molecule has 3 N–H and O–H groups in total. The maximum atomic E-state index is 10.9.